The molecule has 1 aromatic carbocycles. The molecule has 0 aliphatic carbocycles. The highest BCUT2D eigenvalue weighted by Crippen LogP contribution is 2.26. The van der Waals surface area contributed by atoms with Gasteiger partial charge in [-0.15, -0.1) is 0 Å². The maximum Gasteiger partial charge on any atom is 0.130 e. The van der Waals surface area contributed by atoms with Crippen LogP contribution in [0.4, 0.5) is 5.82 Å². The number of nitrogens with one attached hydrogen (secondary N) is 1. The Labute approximate surface area is 134 Å². The topological polar surface area (TPSA) is 58.0 Å². The monoisotopic (exact) mass is 325 g/mol. The van der Waals surface area contributed by atoms with E-state index in [4.69, 9.17) is 23.2 Å². The molecule has 0 spiro atoms. The molecule has 0 fully saturated rings. The van der Waals surface area contributed by atoms with Crippen molar-refractivity contribution >= 4 is 29.0 Å². The highest BCUT2D eigenvalue weighted by molar-refractivity contribution is 6.35. The molecule has 1 heterocycles. The Morgan fingerprint density at radius 1 is 1.24 bits per heavy atom. The fourth-order valence-electron chi connectivity index (χ4n) is 1.98. The van der Waals surface area contributed by atoms with Crippen LogP contribution in [-0.2, 0) is 6.42 Å². The molecule has 6 heteroatoms. The van der Waals surface area contributed by atoms with E-state index in [2.05, 4.69) is 15.3 Å². The van der Waals surface area contributed by atoms with Crippen molar-refractivity contribution in [3.8, 4) is 0 Å². The number of aromatic nitrogens is 2. The van der Waals surface area contributed by atoms with Gasteiger partial charge >= 0.3 is 0 Å². The van der Waals surface area contributed by atoms with Gasteiger partial charge < -0.3 is 10.4 Å². The summed E-state index contributed by atoms with van der Waals surface area (Å²) in [5, 5.41) is 14.3. The van der Waals surface area contributed by atoms with Crippen molar-refractivity contribution in [2.45, 2.75) is 26.4 Å². The lowest BCUT2D eigenvalue weighted by molar-refractivity contribution is 0.191. The Balaban J connectivity index is 2.07. The molecule has 0 radical (unpaired) electrons. The zero-order valence-electron chi connectivity index (χ0n) is 11.9. The van der Waals surface area contributed by atoms with E-state index in [9.17, 15) is 5.11 Å². The van der Waals surface area contributed by atoms with Crippen LogP contribution in [0.5, 0.6) is 0 Å². The first-order valence-electron chi connectivity index (χ1n) is 6.71. The molecule has 0 saturated heterocycles. The number of hydrogen-bond donors (Lipinski definition) is 2. The molecule has 0 amide bonds. The molecule has 112 valence electrons. The molecule has 4 nitrogen and oxygen atoms in total. The Hall–Kier alpha value is -1.36. The zero-order chi connectivity index (χ0) is 15.4. The maximum absolute atomic E-state index is 10.2. The zero-order valence-corrected chi connectivity index (χ0v) is 13.4. The second-order valence-electron chi connectivity index (χ2n) is 4.71. The van der Waals surface area contributed by atoms with Crippen molar-refractivity contribution in [3.63, 3.8) is 0 Å². The van der Waals surface area contributed by atoms with E-state index in [1.807, 2.05) is 19.9 Å². The van der Waals surface area contributed by atoms with Crippen LogP contribution >= 0.6 is 23.2 Å². The fraction of sp³-hybridized carbons (Fsp3) is 0.333. The third kappa shape index (κ3) is 4.30. The van der Waals surface area contributed by atoms with E-state index in [0.29, 0.717) is 33.8 Å². The highest BCUT2D eigenvalue weighted by atomic mass is 35.5. The summed E-state index contributed by atoms with van der Waals surface area (Å²) in [5.74, 6) is 1.40. The summed E-state index contributed by atoms with van der Waals surface area (Å²) >= 11 is 11.9. The van der Waals surface area contributed by atoms with E-state index in [-0.39, 0.29) is 0 Å². The van der Waals surface area contributed by atoms with Crippen molar-refractivity contribution < 1.29 is 5.11 Å². The van der Waals surface area contributed by atoms with Crippen LogP contribution in [0.2, 0.25) is 10.0 Å². The first-order chi connectivity index (χ1) is 9.99. The molecule has 21 heavy (non-hydrogen) atoms. The smallest absolute Gasteiger partial charge is 0.130 e. The molecule has 0 aliphatic heterocycles. The van der Waals surface area contributed by atoms with Crippen molar-refractivity contribution in [1.29, 1.82) is 0 Å². The van der Waals surface area contributed by atoms with Gasteiger partial charge in [-0.25, -0.2) is 9.97 Å². The summed E-state index contributed by atoms with van der Waals surface area (Å²) in [4.78, 5) is 8.61. The number of nitrogens with zero attached hydrogens (tertiary/aromatic N) is 2. The Morgan fingerprint density at radius 3 is 2.67 bits per heavy atom. The van der Waals surface area contributed by atoms with Crippen LogP contribution in [0, 0.1) is 6.92 Å². The third-order valence-electron chi connectivity index (χ3n) is 3.05. The van der Waals surface area contributed by atoms with E-state index in [1.165, 1.54) is 0 Å². The Kier molecular flexibility index (Phi) is 5.39. The van der Waals surface area contributed by atoms with Crippen LogP contribution in [0.15, 0.2) is 24.3 Å². The summed E-state index contributed by atoms with van der Waals surface area (Å²) < 4.78 is 0. The van der Waals surface area contributed by atoms with E-state index < -0.39 is 6.10 Å². The number of anilines is 1. The normalized spacial score (nSPS) is 12.2. The van der Waals surface area contributed by atoms with Gasteiger partial charge in [-0.3, -0.25) is 0 Å². The molecular formula is C15H17Cl2N3O. The van der Waals surface area contributed by atoms with Crippen molar-refractivity contribution in [3.05, 3.63) is 51.4 Å². The molecule has 2 aromatic rings. The number of benzene rings is 1. The van der Waals surface area contributed by atoms with Gasteiger partial charge in [-0.1, -0.05) is 36.2 Å². The lowest BCUT2D eigenvalue weighted by Crippen LogP contribution is -2.14. The van der Waals surface area contributed by atoms with E-state index in [0.717, 1.165) is 12.1 Å². The predicted molar refractivity (Wildman–Crippen MR) is 86.1 cm³/mol. The lowest BCUT2D eigenvalue weighted by Gasteiger charge is -2.15. The van der Waals surface area contributed by atoms with Gasteiger partial charge in [-0.05, 0) is 25.5 Å². The van der Waals surface area contributed by atoms with Crippen molar-refractivity contribution in [2.75, 3.05) is 11.9 Å². The average Bonchev–Trinajstić information content (AvgIpc) is 2.44. The van der Waals surface area contributed by atoms with Crippen molar-refractivity contribution in [1.82, 2.24) is 9.97 Å². The first-order valence-corrected chi connectivity index (χ1v) is 7.46. The summed E-state index contributed by atoms with van der Waals surface area (Å²) in [7, 11) is 0. The fourth-order valence-corrected chi connectivity index (χ4v) is 2.52. The number of aliphatic hydroxyl groups excluding tert-OH is 1. The van der Waals surface area contributed by atoms with Gasteiger partial charge in [-0.2, -0.15) is 0 Å². The van der Waals surface area contributed by atoms with Gasteiger partial charge in [0.1, 0.15) is 11.6 Å². The van der Waals surface area contributed by atoms with Crippen LogP contribution < -0.4 is 5.32 Å². The minimum Gasteiger partial charge on any atom is -0.387 e. The number of halogens is 2. The molecule has 1 atom stereocenters. The van der Waals surface area contributed by atoms with Gasteiger partial charge in [0.25, 0.3) is 0 Å². The van der Waals surface area contributed by atoms with E-state index in [1.54, 1.807) is 18.2 Å². The third-order valence-corrected chi connectivity index (χ3v) is 3.61. The number of aryl methyl sites for hydroxylation is 2. The molecule has 0 bridgehead atoms. The summed E-state index contributed by atoms with van der Waals surface area (Å²) in [6, 6.07) is 6.92. The molecule has 2 rings (SSSR count). The minimum atomic E-state index is -0.741. The van der Waals surface area contributed by atoms with Crippen LogP contribution in [0.3, 0.4) is 0 Å². The van der Waals surface area contributed by atoms with Gasteiger partial charge in [0, 0.05) is 33.9 Å². The number of hydrogen-bond acceptors (Lipinski definition) is 4. The molecular weight excluding hydrogens is 309 g/mol. The van der Waals surface area contributed by atoms with Gasteiger partial charge in [0.15, 0.2) is 0 Å². The molecule has 1 unspecified atom stereocenters. The van der Waals surface area contributed by atoms with E-state index >= 15 is 0 Å². The summed E-state index contributed by atoms with van der Waals surface area (Å²) in [6.07, 6.45) is 0.0963. The molecule has 2 N–H and O–H groups in total. The van der Waals surface area contributed by atoms with Gasteiger partial charge in [0.05, 0.1) is 6.10 Å². The lowest BCUT2D eigenvalue weighted by atomic mass is 10.1. The largest absolute Gasteiger partial charge is 0.387 e. The predicted octanol–water partition coefficient (Wildman–Crippen LogP) is 3.80. The minimum absolute atomic E-state index is 0.307. The number of rotatable bonds is 5. The second kappa shape index (κ2) is 7.07. The second-order valence-corrected chi connectivity index (χ2v) is 5.55. The summed E-state index contributed by atoms with van der Waals surface area (Å²) in [5.41, 5.74) is 1.60. The van der Waals surface area contributed by atoms with Crippen LogP contribution in [0.25, 0.3) is 0 Å². The highest BCUT2D eigenvalue weighted by Gasteiger charge is 2.12. The molecule has 0 saturated carbocycles. The quantitative estimate of drug-likeness (QED) is 0.877. The Bertz CT molecular complexity index is 634. The summed E-state index contributed by atoms with van der Waals surface area (Å²) in [6.45, 7) is 4.19. The van der Waals surface area contributed by atoms with Crippen molar-refractivity contribution in [2.24, 2.45) is 0 Å². The molecule has 0 aliphatic rings. The average molecular weight is 326 g/mol. The standard InChI is InChI=1S/C15H17Cl2N3O/c1-3-11-7-15(20-9(2)19-11)18-8-14(21)12-5-4-10(16)6-13(12)17/h4-7,14,21H,3,8H2,1-2H3,(H,18,19,20). The number of aliphatic hydroxyl groups is 1. The Morgan fingerprint density at radius 2 is 2.00 bits per heavy atom. The van der Waals surface area contributed by atoms with Crippen LogP contribution in [-0.4, -0.2) is 21.6 Å². The molecule has 1 aromatic heterocycles. The maximum atomic E-state index is 10.2. The van der Waals surface area contributed by atoms with Gasteiger partial charge in [0.2, 0.25) is 0 Å². The SMILES string of the molecule is CCc1cc(NCC(O)c2ccc(Cl)cc2Cl)nc(C)n1. The van der Waals surface area contributed by atoms with Crippen LogP contribution in [0.1, 0.15) is 30.1 Å². The first kappa shape index (κ1) is 16.0.